The van der Waals surface area contributed by atoms with Gasteiger partial charge in [-0.05, 0) is 22.0 Å². The molecule has 0 bridgehead atoms. The Labute approximate surface area is 141 Å². The molecule has 1 aliphatic heterocycles. The molecule has 0 amide bonds. The highest BCUT2D eigenvalue weighted by molar-refractivity contribution is 9.10. The van der Waals surface area contributed by atoms with Crippen molar-refractivity contribution in [3.05, 3.63) is 21.4 Å². The van der Waals surface area contributed by atoms with E-state index < -0.39 is 20.7 Å². The van der Waals surface area contributed by atoms with Crippen LogP contribution < -0.4 is 5.73 Å². The van der Waals surface area contributed by atoms with Gasteiger partial charge in [-0.2, -0.15) is 16.1 Å². The van der Waals surface area contributed by atoms with Gasteiger partial charge in [0.15, 0.2) is 5.82 Å². The molecular weight excluding hydrogens is 403 g/mol. The molecule has 4 nitrogen and oxygen atoms in total. The molecule has 1 saturated heterocycles. The van der Waals surface area contributed by atoms with Crippen molar-refractivity contribution in [1.82, 2.24) is 4.31 Å². The number of hydrogen-bond donors (Lipinski definition) is 1. The third-order valence-electron chi connectivity index (χ3n) is 3.16. The maximum atomic E-state index is 14.3. The van der Waals surface area contributed by atoms with Crippen LogP contribution in [0.4, 0.5) is 10.1 Å². The zero-order valence-electron chi connectivity index (χ0n) is 11.4. The molecule has 1 aliphatic rings. The first-order chi connectivity index (χ1) is 9.64. The van der Waals surface area contributed by atoms with Gasteiger partial charge < -0.3 is 5.73 Å². The third-order valence-corrected chi connectivity index (χ3v) is 7.60. The SMILES string of the molecule is CC1CN(S(=O)(=O)c2cc(Cl)c(Br)c(N)c2F)CC(C)S1. The highest BCUT2D eigenvalue weighted by atomic mass is 79.9. The van der Waals surface area contributed by atoms with Gasteiger partial charge in [-0.15, -0.1) is 0 Å². The lowest BCUT2D eigenvalue weighted by molar-refractivity contribution is 0.401. The molecule has 2 atom stereocenters. The summed E-state index contributed by atoms with van der Waals surface area (Å²) in [4.78, 5) is -0.473. The van der Waals surface area contributed by atoms with Crippen molar-refractivity contribution in [2.75, 3.05) is 18.8 Å². The molecular formula is C12H15BrClFN2O2S2. The highest BCUT2D eigenvalue weighted by Gasteiger charge is 2.35. The van der Waals surface area contributed by atoms with Crippen LogP contribution in [0, 0.1) is 5.82 Å². The van der Waals surface area contributed by atoms with Crippen LogP contribution in [0.3, 0.4) is 0 Å². The van der Waals surface area contributed by atoms with Crippen molar-refractivity contribution in [1.29, 1.82) is 0 Å². The molecule has 21 heavy (non-hydrogen) atoms. The highest BCUT2D eigenvalue weighted by Crippen LogP contribution is 2.37. The van der Waals surface area contributed by atoms with Crippen molar-refractivity contribution in [2.24, 2.45) is 0 Å². The van der Waals surface area contributed by atoms with Crippen LogP contribution in [0.15, 0.2) is 15.4 Å². The second-order valence-corrected chi connectivity index (χ2v) is 9.97. The summed E-state index contributed by atoms with van der Waals surface area (Å²) in [5.41, 5.74) is 5.27. The summed E-state index contributed by atoms with van der Waals surface area (Å²) in [6.07, 6.45) is 0. The van der Waals surface area contributed by atoms with Crippen LogP contribution in [0.2, 0.25) is 5.02 Å². The average molecular weight is 418 g/mol. The topological polar surface area (TPSA) is 63.4 Å². The van der Waals surface area contributed by atoms with Gasteiger partial charge in [-0.1, -0.05) is 25.4 Å². The summed E-state index contributed by atoms with van der Waals surface area (Å²) >= 11 is 10.7. The smallest absolute Gasteiger partial charge is 0.246 e. The number of hydrogen-bond acceptors (Lipinski definition) is 4. The van der Waals surface area contributed by atoms with E-state index >= 15 is 0 Å². The van der Waals surface area contributed by atoms with Crippen LogP contribution in [-0.4, -0.2) is 36.3 Å². The van der Waals surface area contributed by atoms with Gasteiger partial charge in [0, 0.05) is 23.6 Å². The molecule has 2 rings (SSSR count). The predicted molar refractivity (Wildman–Crippen MR) is 88.8 cm³/mol. The minimum absolute atomic E-state index is 0.0694. The summed E-state index contributed by atoms with van der Waals surface area (Å²) in [5, 5.41) is 0.365. The first kappa shape index (κ1) is 17.3. The molecule has 2 unspecified atom stereocenters. The minimum atomic E-state index is -3.96. The molecule has 118 valence electrons. The number of thioether (sulfide) groups is 1. The first-order valence-corrected chi connectivity index (χ1v) is 9.78. The Kier molecular flexibility index (Phi) is 5.15. The zero-order valence-corrected chi connectivity index (χ0v) is 15.4. The van der Waals surface area contributed by atoms with Crippen LogP contribution in [0.25, 0.3) is 0 Å². The van der Waals surface area contributed by atoms with E-state index in [0.717, 1.165) is 6.07 Å². The fraction of sp³-hybridized carbons (Fsp3) is 0.500. The number of nitrogens with zero attached hydrogens (tertiary/aromatic N) is 1. The lowest BCUT2D eigenvalue weighted by Gasteiger charge is -2.33. The molecule has 1 aromatic rings. The molecule has 0 spiro atoms. The average Bonchev–Trinajstić information content (AvgIpc) is 2.39. The van der Waals surface area contributed by atoms with Crippen LogP contribution >= 0.6 is 39.3 Å². The summed E-state index contributed by atoms with van der Waals surface area (Å²) in [5.74, 6) is -0.968. The fourth-order valence-corrected chi connectivity index (χ4v) is 6.05. The molecule has 0 saturated carbocycles. The Hall–Kier alpha value is -0.0200. The standard InChI is InChI=1S/C12H15BrClFN2O2S2/c1-6-4-17(5-7(2)20-6)21(18,19)9-3-8(14)10(13)12(16)11(9)15/h3,6-7H,4-5,16H2,1-2H3. The minimum Gasteiger partial charge on any atom is -0.395 e. The van der Waals surface area contributed by atoms with Crippen LogP contribution in [0.1, 0.15) is 13.8 Å². The Morgan fingerprint density at radius 3 is 2.48 bits per heavy atom. The number of nitrogen functional groups attached to an aromatic ring is 1. The Bertz CT molecular complexity index is 662. The van der Waals surface area contributed by atoms with Gasteiger partial charge in [0.25, 0.3) is 0 Å². The van der Waals surface area contributed by atoms with E-state index in [4.69, 9.17) is 17.3 Å². The van der Waals surface area contributed by atoms with Gasteiger partial charge in [0.1, 0.15) is 4.90 Å². The van der Waals surface area contributed by atoms with Crippen molar-refractivity contribution in [3.8, 4) is 0 Å². The normalized spacial score (nSPS) is 24.2. The number of anilines is 1. The fourth-order valence-electron chi connectivity index (χ4n) is 2.25. The lowest BCUT2D eigenvalue weighted by Crippen LogP contribution is -2.44. The zero-order chi connectivity index (χ0) is 15.9. The molecule has 1 fully saturated rings. The number of rotatable bonds is 2. The van der Waals surface area contributed by atoms with E-state index in [1.807, 2.05) is 13.8 Å². The summed E-state index contributed by atoms with van der Waals surface area (Å²) in [6, 6.07) is 1.10. The first-order valence-electron chi connectivity index (χ1n) is 6.23. The van der Waals surface area contributed by atoms with Crippen molar-refractivity contribution < 1.29 is 12.8 Å². The Balaban J connectivity index is 2.50. The monoisotopic (exact) mass is 416 g/mol. The van der Waals surface area contributed by atoms with Crippen molar-refractivity contribution in [3.63, 3.8) is 0 Å². The van der Waals surface area contributed by atoms with Crippen molar-refractivity contribution in [2.45, 2.75) is 29.2 Å². The summed E-state index contributed by atoms with van der Waals surface area (Å²) in [7, 11) is -3.96. The second kappa shape index (κ2) is 6.23. The van der Waals surface area contributed by atoms with Gasteiger partial charge >= 0.3 is 0 Å². The molecule has 0 radical (unpaired) electrons. The maximum Gasteiger partial charge on any atom is 0.246 e. The van der Waals surface area contributed by atoms with E-state index in [0.29, 0.717) is 13.1 Å². The van der Waals surface area contributed by atoms with Crippen molar-refractivity contribution >= 4 is 55.0 Å². The molecule has 0 aliphatic carbocycles. The number of sulfonamides is 1. The van der Waals surface area contributed by atoms with E-state index in [-0.39, 0.29) is 25.7 Å². The van der Waals surface area contributed by atoms with Crippen LogP contribution in [0.5, 0.6) is 0 Å². The summed E-state index contributed by atoms with van der Waals surface area (Å²) in [6.45, 7) is 4.57. The second-order valence-electron chi connectivity index (χ2n) is 4.98. The molecule has 0 aromatic heterocycles. The lowest BCUT2D eigenvalue weighted by atomic mass is 10.3. The summed E-state index contributed by atoms with van der Waals surface area (Å²) < 4.78 is 41.0. The van der Waals surface area contributed by atoms with Gasteiger partial charge in [0.05, 0.1) is 15.2 Å². The molecule has 1 heterocycles. The van der Waals surface area contributed by atoms with E-state index in [1.54, 1.807) is 11.8 Å². The Morgan fingerprint density at radius 2 is 1.95 bits per heavy atom. The van der Waals surface area contributed by atoms with Gasteiger partial charge in [0.2, 0.25) is 10.0 Å². The van der Waals surface area contributed by atoms with E-state index in [1.165, 1.54) is 4.31 Å². The van der Waals surface area contributed by atoms with Gasteiger partial charge in [-0.25, -0.2) is 12.8 Å². The third kappa shape index (κ3) is 3.34. The van der Waals surface area contributed by atoms with E-state index in [2.05, 4.69) is 15.9 Å². The Morgan fingerprint density at radius 1 is 1.43 bits per heavy atom. The largest absolute Gasteiger partial charge is 0.395 e. The van der Waals surface area contributed by atoms with Gasteiger partial charge in [-0.3, -0.25) is 0 Å². The number of halogens is 3. The molecule has 2 N–H and O–H groups in total. The number of nitrogens with two attached hydrogens (primary N) is 1. The predicted octanol–water partition coefficient (Wildman–Crippen LogP) is 3.34. The molecule has 1 aromatic carbocycles. The van der Waals surface area contributed by atoms with E-state index in [9.17, 15) is 12.8 Å². The maximum absolute atomic E-state index is 14.3. The van der Waals surface area contributed by atoms with Crippen LogP contribution in [-0.2, 0) is 10.0 Å². The number of benzene rings is 1. The quantitative estimate of drug-likeness (QED) is 0.592. The molecule has 9 heteroatoms.